The summed E-state index contributed by atoms with van der Waals surface area (Å²) in [6.07, 6.45) is -22.9. The topological polar surface area (TPSA) is 36.9 Å². The van der Waals surface area contributed by atoms with E-state index in [1.54, 1.807) is 0 Å². The van der Waals surface area contributed by atoms with E-state index in [0.29, 0.717) is 0 Å². The van der Waals surface area contributed by atoms with Crippen molar-refractivity contribution in [1.82, 2.24) is 0 Å². The van der Waals surface area contributed by atoms with Gasteiger partial charge in [0.15, 0.2) is 33.3 Å². The first-order valence-corrected chi connectivity index (χ1v) is 31.8. The predicted octanol–water partition coefficient (Wildman–Crippen LogP) is 12.9. The molecule has 0 spiro atoms. The third-order valence-corrected chi connectivity index (χ3v) is 13.2. The van der Waals surface area contributed by atoms with E-state index in [1.807, 2.05) is 0 Å². The van der Waals surface area contributed by atoms with Gasteiger partial charge in [-0.05, 0) is 90.7 Å². The van der Waals surface area contributed by atoms with Gasteiger partial charge in [-0.1, -0.05) is 48.5 Å². The molecule has 4 atom stereocenters. The molecule has 0 fully saturated rings. The second-order valence-corrected chi connectivity index (χ2v) is 36.3. The highest BCUT2D eigenvalue weighted by molar-refractivity contribution is 6.71. The summed E-state index contributed by atoms with van der Waals surface area (Å²) in [6.45, 7) is 15.6. The number of benzene rings is 3. The normalized spacial score (nSPS) is 25.8. The van der Waals surface area contributed by atoms with Crippen molar-refractivity contribution < 1.29 is 70.4 Å². The molecule has 5 rings (SSSR count). The molecule has 3 aromatic rings. The van der Waals surface area contributed by atoms with E-state index in [-0.39, 0.29) is 12.1 Å². The van der Waals surface area contributed by atoms with E-state index in [9.17, 15) is 0 Å². The average Bonchev–Trinajstić information content (AvgIpc) is 2.99. The van der Waals surface area contributed by atoms with Crippen LogP contribution >= 0.6 is 0 Å². The van der Waals surface area contributed by atoms with Crippen LogP contribution < -0.4 is 0 Å². The molecule has 0 saturated carbocycles. The Balaban J connectivity index is 2.30. The summed E-state index contributed by atoms with van der Waals surface area (Å²) in [4.78, 5) is 0. The van der Waals surface area contributed by atoms with Gasteiger partial charge in [-0.15, -0.1) is 0 Å². The summed E-state index contributed by atoms with van der Waals surface area (Å²) in [5.41, 5.74) is -26.4. The van der Waals surface area contributed by atoms with Crippen molar-refractivity contribution in [2.24, 2.45) is 0 Å². The maximum atomic E-state index is 16.4. The zero-order chi connectivity index (χ0) is 44.5. The molecule has 20 heteroatoms. The minimum atomic E-state index is -5.73. The lowest BCUT2D eigenvalue weighted by atomic mass is 9.61. The number of hydrogen-bond donors (Lipinski definition) is 0. The molecule has 0 heterocycles. The molecule has 0 bridgehead atoms. The number of rotatable bonds is 8. The third kappa shape index (κ3) is 7.17. The highest BCUT2D eigenvalue weighted by atomic mass is 28.4. The van der Waals surface area contributed by atoms with Crippen LogP contribution in [0.1, 0.15) is 44.5 Å². The molecule has 3 aromatic carbocycles. The Morgan fingerprint density at radius 3 is 0.586 bits per heavy atom. The van der Waals surface area contributed by atoms with E-state index in [4.69, 9.17) is 17.7 Å². The first-order chi connectivity index (χ1) is 25.7. The Hall–Kier alpha value is -2.47. The van der Waals surface area contributed by atoms with Crippen molar-refractivity contribution in [3.63, 3.8) is 0 Å². The zero-order valence-electron chi connectivity index (χ0n) is 33.9. The van der Waals surface area contributed by atoms with Gasteiger partial charge in [-0.2, -0.15) is 52.7 Å². The highest BCUT2D eigenvalue weighted by Gasteiger charge is 2.76. The van der Waals surface area contributed by atoms with E-state index in [2.05, 4.69) is 0 Å². The van der Waals surface area contributed by atoms with Crippen molar-refractivity contribution in [2.75, 3.05) is 0 Å². The van der Waals surface area contributed by atoms with Crippen molar-refractivity contribution in [1.29, 1.82) is 0 Å². The first kappa shape index (κ1) is 46.6. The van der Waals surface area contributed by atoms with E-state index in [1.165, 1.54) is 78.6 Å². The quantitative estimate of drug-likeness (QED) is 0.167. The molecular weight excluding hydrogens is 861 g/mol. The number of alkyl halides is 12. The molecule has 0 amide bonds. The van der Waals surface area contributed by atoms with E-state index < -0.39 is 125 Å². The predicted molar refractivity (Wildman–Crippen MR) is 204 cm³/mol. The fourth-order valence-corrected chi connectivity index (χ4v) is 13.3. The Kier molecular flexibility index (Phi) is 10.9. The zero-order valence-corrected chi connectivity index (χ0v) is 37.9. The van der Waals surface area contributed by atoms with Crippen molar-refractivity contribution in [3.8, 4) is 0 Å². The fourth-order valence-electron chi connectivity index (χ4n) is 8.27. The Morgan fingerprint density at radius 2 is 0.466 bits per heavy atom. The number of fused-ring (bicyclic) bond motifs is 4. The van der Waals surface area contributed by atoms with Crippen molar-refractivity contribution >= 4 is 33.3 Å². The molecule has 2 aliphatic carbocycles. The van der Waals surface area contributed by atoms with Gasteiger partial charge >= 0.3 is 24.7 Å². The SMILES string of the molecule is C[Si](C)(C)OC1(C(F)(F)F)c2ccccc2C(O[Si](C)(C)C)(C(F)(F)F)c2cc3c(cc21)C(O[Si](C)(C)C)(C(F)(F)F)c1ccccc1C3(O[Si](C)(C)C)C(F)(F)F. The van der Waals surface area contributed by atoms with Crippen molar-refractivity contribution in [2.45, 2.75) is 126 Å². The minimum absolute atomic E-state index is 0.153. The Bertz CT molecular complexity index is 1790. The maximum absolute atomic E-state index is 16.4. The van der Waals surface area contributed by atoms with Crippen molar-refractivity contribution in [3.05, 3.63) is 105 Å². The van der Waals surface area contributed by atoms with Crippen LogP contribution in [0.5, 0.6) is 0 Å². The molecule has 2 aliphatic rings. The van der Waals surface area contributed by atoms with Gasteiger partial charge in [-0.25, -0.2) is 0 Å². The lowest BCUT2D eigenvalue weighted by molar-refractivity contribution is -0.265. The van der Waals surface area contributed by atoms with Gasteiger partial charge in [0.2, 0.25) is 22.4 Å². The van der Waals surface area contributed by atoms with Crippen LogP contribution in [-0.2, 0) is 40.1 Å². The standard InChI is InChI=1S/C38H46F12O4Si4/c1-55(2,3)51-31(35(39,40)41)23-17-13-14-18-24(23)32(36(42,43)44,52-56(4,5)6)28-22-30-29(21-27(28)31)33(37(45,46)47,53-57(7,8)9)25-19-15-16-20-26(25)34(30,38(48,49)50)54-58(10,11)12/h13-22H,1-12H3. The van der Waals surface area contributed by atoms with E-state index in [0.717, 1.165) is 48.5 Å². The molecule has 0 radical (unpaired) electrons. The fraction of sp³-hybridized carbons (Fsp3) is 0.526. The van der Waals surface area contributed by atoms with E-state index >= 15 is 52.7 Å². The lowest BCUT2D eigenvalue weighted by Crippen LogP contribution is -2.63. The van der Waals surface area contributed by atoms with Crippen LogP contribution in [-0.4, -0.2) is 58.0 Å². The number of hydrogen-bond acceptors (Lipinski definition) is 4. The maximum Gasteiger partial charge on any atom is 0.425 e. The second-order valence-electron chi connectivity index (χ2n) is 18.6. The summed E-state index contributed by atoms with van der Waals surface area (Å²) in [5.74, 6) is 0. The largest absolute Gasteiger partial charge is 0.425 e. The lowest BCUT2D eigenvalue weighted by Gasteiger charge is -2.56. The molecule has 0 aliphatic heterocycles. The minimum Gasteiger partial charge on any atom is -0.397 e. The molecule has 58 heavy (non-hydrogen) atoms. The van der Waals surface area contributed by atoms with Gasteiger partial charge in [0, 0.05) is 44.5 Å². The van der Waals surface area contributed by atoms with Crippen LogP contribution in [0.2, 0.25) is 78.6 Å². The molecular formula is C38H46F12O4Si4. The van der Waals surface area contributed by atoms with Crippen LogP contribution in [0.25, 0.3) is 0 Å². The molecule has 0 aromatic heterocycles. The average molecular weight is 907 g/mol. The second kappa shape index (κ2) is 13.5. The van der Waals surface area contributed by atoms with Gasteiger partial charge in [0.05, 0.1) is 0 Å². The molecule has 4 nitrogen and oxygen atoms in total. The summed E-state index contributed by atoms with van der Waals surface area (Å²) >= 11 is 0. The summed E-state index contributed by atoms with van der Waals surface area (Å²) < 4.78 is 221. The highest BCUT2D eigenvalue weighted by Crippen LogP contribution is 2.68. The monoisotopic (exact) mass is 906 g/mol. The van der Waals surface area contributed by atoms with Gasteiger partial charge in [0.1, 0.15) is 0 Å². The third-order valence-electron chi connectivity index (χ3n) is 9.48. The molecule has 322 valence electrons. The van der Waals surface area contributed by atoms with Crippen LogP contribution in [0.4, 0.5) is 52.7 Å². The first-order valence-electron chi connectivity index (χ1n) is 18.2. The summed E-state index contributed by atoms with van der Waals surface area (Å²) in [7, 11) is -14.7. The van der Waals surface area contributed by atoms with Gasteiger partial charge < -0.3 is 17.7 Å². The van der Waals surface area contributed by atoms with Crippen LogP contribution in [0.15, 0.2) is 60.7 Å². The molecule has 0 saturated heterocycles. The Morgan fingerprint density at radius 1 is 0.310 bits per heavy atom. The number of halogens is 12. The Labute approximate surface area is 333 Å². The van der Waals surface area contributed by atoms with Gasteiger partial charge in [0.25, 0.3) is 0 Å². The van der Waals surface area contributed by atoms with Crippen LogP contribution in [0, 0.1) is 0 Å². The summed E-state index contributed by atoms with van der Waals surface area (Å²) in [5, 5.41) is 0. The summed E-state index contributed by atoms with van der Waals surface area (Å²) in [6, 6.07) is 7.33. The molecule has 4 unspecified atom stereocenters. The van der Waals surface area contributed by atoms with Gasteiger partial charge in [-0.3, -0.25) is 0 Å². The molecule has 0 N–H and O–H groups in total. The van der Waals surface area contributed by atoms with Crippen LogP contribution in [0.3, 0.4) is 0 Å². The smallest absolute Gasteiger partial charge is 0.397 e.